The van der Waals surface area contributed by atoms with Crippen LogP contribution in [0.3, 0.4) is 0 Å². The molecule has 1 aliphatic carbocycles. The number of hydrogen-bond donors (Lipinski definition) is 1. The minimum Gasteiger partial charge on any atom is -0.364 e. The average molecular weight is 342 g/mol. The van der Waals surface area contributed by atoms with Crippen molar-refractivity contribution in [1.29, 1.82) is 0 Å². The van der Waals surface area contributed by atoms with E-state index in [4.69, 9.17) is 4.74 Å². The Morgan fingerprint density at radius 1 is 1.35 bits per heavy atom. The van der Waals surface area contributed by atoms with Crippen molar-refractivity contribution >= 4 is 15.9 Å². The summed E-state index contributed by atoms with van der Waals surface area (Å²) < 4.78 is 21.3. The van der Waals surface area contributed by atoms with E-state index in [1.807, 2.05) is 6.07 Å². The fraction of sp³-hybridized carbons (Fsp3) is 0.625. The van der Waals surface area contributed by atoms with Crippen LogP contribution in [0.2, 0.25) is 0 Å². The summed E-state index contributed by atoms with van der Waals surface area (Å²) in [5, 5.41) is 3.45. The van der Waals surface area contributed by atoms with Crippen LogP contribution in [-0.4, -0.2) is 18.7 Å². The predicted molar refractivity (Wildman–Crippen MR) is 81.2 cm³/mol. The Morgan fingerprint density at radius 3 is 2.85 bits per heavy atom. The van der Waals surface area contributed by atoms with E-state index in [2.05, 4.69) is 28.2 Å². The molecule has 1 unspecified atom stereocenters. The van der Waals surface area contributed by atoms with E-state index in [0.717, 1.165) is 29.8 Å². The monoisotopic (exact) mass is 341 g/mol. The molecule has 20 heavy (non-hydrogen) atoms. The Balaban J connectivity index is 1.79. The van der Waals surface area contributed by atoms with Gasteiger partial charge in [-0.3, -0.25) is 0 Å². The van der Waals surface area contributed by atoms with Crippen LogP contribution in [0.25, 0.3) is 0 Å². The van der Waals surface area contributed by atoms with Crippen LogP contribution >= 0.6 is 15.9 Å². The van der Waals surface area contributed by atoms with Gasteiger partial charge < -0.3 is 10.1 Å². The highest BCUT2D eigenvalue weighted by Crippen LogP contribution is 2.40. The number of morpholine rings is 1. The number of halogens is 2. The number of benzene rings is 1. The van der Waals surface area contributed by atoms with Crippen molar-refractivity contribution in [3.8, 4) is 0 Å². The SMILES string of the molecule is CC1CCC2(CC1)CNCC(c1cc(Br)ccc1F)O2. The molecule has 1 aromatic rings. The van der Waals surface area contributed by atoms with Gasteiger partial charge in [0.05, 0.1) is 11.7 Å². The summed E-state index contributed by atoms with van der Waals surface area (Å²) in [6.45, 7) is 3.88. The second-order valence-corrected chi connectivity index (χ2v) is 7.18. The molecule has 2 aliphatic rings. The van der Waals surface area contributed by atoms with Gasteiger partial charge in [0.2, 0.25) is 0 Å². The largest absolute Gasteiger partial charge is 0.364 e. The lowest BCUT2D eigenvalue weighted by Crippen LogP contribution is -2.52. The molecule has 1 saturated heterocycles. The van der Waals surface area contributed by atoms with Crippen molar-refractivity contribution in [2.45, 2.75) is 44.3 Å². The molecule has 1 atom stereocenters. The molecular formula is C16H21BrFNO. The highest BCUT2D eigenvalue weighted by molar-refractivity contribution is 9.10. The molecule has 1 N–H and O–H groups in total. The van der Waals surface area contributed by atoms with Gasteiger partial charge in [0.25, 0.3) is 0 Å². The summed E-state index contributed by atoms with van der Waals surface area (Å²) in [6.07, 6.45) is 4.38. The van der Waals surface area contributed by atoms with Crippen molar-refractivity contribution in [3.05, 3.63) is 34.1 Å². The summed E-state index contributed by atoms with van der Waals surface area (Å²) in [7, 11) is 0. The summed E-state index contributed by atoms with van der Waals surface area (Å²) in [4.78, 5) is 0. The minimum atomic E-state index is -0.186. The zero-order valence-electron chi connectivity index (χ0n) is 11.8. The van der Waals surface area contributed by atoms with Gasteiger partial charge in [-0.05, 0) is 49.8 Å². The maximum absolute atomic E-state index is 14.0. The molecule has 0 bridgehead atoms. The van der Waals surface area contributed by atoms with Gasteiger partial charge >= 0.3 is 0 Å². The maximum atomic E-state index is 14.0. The molecule has 1 aliphatic heterocycles. The van der Waals surface area contributed by atoms with Gasteiger partial charge in [0.1, 0.15) is 5.82 Å². The van der Waals surface area contributed by atoms with Crippen molar-refractivity contribution in [3.63, 3.8) is 0 Å². The smallest absolute Gasteiger partial charge is 0.129 e. The van der Waals surface area contributed by atoms with Gasteiger partial charge in [0, 0.05) is 23.1 Å². The normalized spacial score (nSPS) is 34.4. The third kappa shape index (κ3) is 2.92. The second kappa shape index (κ2) is 5.74. The predicted octanol–water partition coefficient (Wildman–Crippen LogP) is 4.20. The molecule has 1 spiro atoms. The van der Waals surface area contributed by atoms with Gasteiger partial charge in [-0.1, -0.05) is 22.9 Å². The van der Waals surface area contributed by atoms with E-state index in [1.165, 1.54) is 18.9 Å². The summed E-state index contributed by atoms with van der Waals surface area (Å²) in [5.41, 5.74) is 0.564. The lowest BCUT2D eigenvalue weighted by atomic mass is 9.78. The molecule has 1 aromatic carbocycles. The third-order valence-electron chi connectivity index (χ3n) is 4.66. The first-order chi connectivity index (χ1) is 9.58. The topological polar surface area (TPSA) is 21.3 Å². The van der Waals surface area contributed by atoms with Crippen LogP contribution in [0.15, 0.2) is 22.7 Å². The van der Waals surface area contributed by atoms with Crippen LogP contribution in [0, 0.1) is 11.7 Å². The van der Waals surface area contributed by atoms with Crippen LogP contribution in [0.4, 0.5) is 4.39 Å². The molecule has 1 heterocycles. The van der Waals surface area contributed by atoms with E-state index < -0.39 is 0 Å². The van der Waals surface area contributed by atoms with Crippen LogP contribution in [-0.2, 0) is 4.74 Å². The van der Waals surface area contributed by atoms with E-state index in [0.29, 0.717) is 12.1 Å². The van der Waals surface area contributed by atoms with Crippen molar-refractivity contribution in [2.75, 3.05) is 13.1 Å². The molecule has 110 valence electrons. The lowest BCUT2D eigenvalue weighted by Gasteiger charge is -2.45. The third-order valence-corrected chi connectivity index (χ3v) is 5.15. The van der Waals surface area contributed by atoms with Gasteiger partial charge in [-0.2, -0.15) is 0 Å². The van der Waals surface area contributed by atoms with E-state index in [-0.39, 0.29) is 17.5 Å². The number of hydrogen-bond acceptors (Lipinski definition) is 2. The summed E-state index contributed by atoms with van der Waals surface area (Å²) in [5.74, 6) is 0.605. The molecule has 4 heteroatoms. The number of nitrogens with one attached hydrogen (secondary N) is 1. The molecule has 1 saturated carbocycles. The molecule has 0 radical (unpaired) electrons. The first-order valence-corrected chi connectivity index (χ1v) is 8.21. The highest BCUT2D eigenvalue weighted by Gasteiger charge is 2.40. The lowest BCUT2D eigenvalue weighted by molar-refractivity contribution is -0.141. The summed E-state index contributed by atoms with van der Waals surface area (Å²) >= 11 is 3.42. The standard InChI is InChI=1S/C16H21BrFNO/c1-11-4-6-16(7-5-11)10-19-9-15(20-16)13-8-12(17)2-3-14(13)18/h2-3,8,11,15,19H,4-7,9-10H2,1H3. The van der Waals surface area contributed by atoms with Gasteiger partial charge in [-0.25, -0.2) is 4.39 Å². The molecular weight excluding hydrogens is 321 g/mol. The molecule has 0 amide bonds. The van der Waals surface area contributed by atoms with Crippen molar-refractivity contribution < 1.29 is 9.13 Å². The van der Waals surface area contributed by atoms with Gasteiger partial charge in [0.15, 0.2) is 0 Å². The minimum absolute atomic E-state index is 0.0931. The Bertz CT molecular complexity index is 485. The molecule has 3 rings (SSSR count). The molecule has 2 fully saturated rings. The molecule has 0 aromatic heterocycles. The van der Waals surface area contributed by atoms with Crippen LogP contribution < -0.4 is 5.32 Å². The summed E-state index contributed by atoms with van der Waals surface area (Å²) in [6, 6.07) is 5.08. The van der Waals surface area contributed by atoms with Gasteiger partial charge in [-0.15, -0.1) is 0 Å². The Kier molecular flexibility index (Phi) is 4.16. The van der Waals surface area contributed by atoms with Crippen LogP contribution in [0.5, 0.6) is 0 Å². The first-order valence-electron chi connectivity index (χ1n) is 7.41. The first kappa shape index (κ1) is 14.5. The Labute approximate surface area is 128 Å². The Hall–Kier alpha value is -0.450. The fourth-order valence-electron chi connectivity index (χ4n) is 3.33. The second-order valence-electron chi connectivity index (χ2n) is 6.27. The highest BCUT2D eigenvalue weighted by atomic mass is 79.9. The van der Waals surface area contributed by atoms with E-state index >= 15 is 0 Å². The zero-order valence-corrected chi connectivity index (χ0v) is 13.4. The van der Waals surface area contributed by atoms with Crippen LogP contribution in [0.1, 0.15) is 44.3 Å². The Morgan fingerprint density at radius 2 is 2.10 bits per heavy atom. The van der Waals surface area contributed by atoms with E-state index in [1.54, 1.807) is 6.07 Å². The molecule has 2 nitrogen and oxygen atoms in total. The maximum Gasteiger partial charge on any atom is 0.129 e. The number of ether oxygens (including phenoxy) is 1. The average Bonchev–Trinajstić information content (AvgIpc) is 2.45. The van der Waals surface area contributed by atoms with Crippen molar-refractivity contribution in [1.82, 2.24) is 5.32 Å². The fourth-order valence-corrected chi connectivity index (χ4v) is 3.71. The van der Waals surface area contributed by atoms with Crippen molar-refractivity contribution in [2.24, 2.45) is 5.92 Å². The quantitative estimate of drug-likeness (QED) is 0.826. The number of rotatable bonds is 1. The van der Waals surface area contributed by atoms with E-state index in [9.17, 15) is 4.39 Å². The zero-order chi connectivity index (χ0) is 14.2.